The van der Waals surface area contributed by atoms with Crippen LogP contribution in [0.5, 0.6) is 5.88 Å². The molecule has 1 N–H and O–H groups in total. The molecule has 1 amide bonds. The predicted molar refractivity (Wildman–Crippen MR) is 118 cm³/mol. The molecule has 0 aliphatic carbocycles. The first kappa shape index (κ1) is 21.2. The second kappa shape index (κ2) is 9.42. The minimum absolute atomic E-state index is 0.175. The molecule has 1 aromatic carbocycles. The largest absolute Gasteiger partial charge is 0.466 e. The molecule has 9 heteroatoms. The minimum Gasteiger partial charge on any atom is -0.466 e. The summed E-state index contributed by atoms with van der Waals surface area (Å²) in [4.78, 5) is 18.5. The third-order valence-corrected chi connectivity index (χ3v) is 4.82. The number of hydrogen-bond donors (Lipinski definition) is 1. The van der Waals surface area contributed by atoms with Crippen LogP contribution >= 0.6 is 0 Å². The number of benzene rings is 1. The van der Waals surface area contributed by atoms with Gasteiger partial charge < -0.3 is 19.4 Å². The smallest absolute Gasteiger partial charge is 0.258 e. The highest BCUT2D eigenvalue weighted by molar-refractivity contribution is 5.77. The van der Waals surface area contributed by atoms with Crippen molar-refractivity contribution in [1.29, 1.82) is 0 Å². The number of ether oxygens (including phenoxy) is 1. The van der Waals surface area contributed by atoms with E-state index in [0.29, 0.717) is 18.9 Å². The maximum atomic E-state index is 13.0. The van der Waals surface area contributed by atoms with Gasteiger partial charge in [0.25, 0.3) is 5.91 Å². The van der Waals surface area contributed by atoms with Crippen LogP contribution < -0.4 is 15.0 Å². The Bertz CT molecular complexity index is 1210. The maximum absolute atomic E-state index is 13.0. The van der Waals surface area contributed by atoms with Crippen LogP contribution in [0.4, 0.5) is 10.2 Å². The minimum atomic E-state index is -0.280. The van der Waals surface area contributed by atoms with Crippen LogP contribution in [0.3, 0.4) is 0 Å². The van der Waals surface area contributed by atoms with E-state index in [1.54, 1.807) is 24.3 Å². The molecule has 0 fully saturated rings. The van der Waals surface area contributed by atoms with E-state index in [0.717, 1.165) is 22.5 Å². The Morgan fingerprint density at radius 1 is 1.09 bits per heavy atom. The van der Waals surface area contributed by atoms with E-state index in [1.807, 2.05) is 47.8 Å². The Balaban J connectivity index is 1.25. The summed E-state index contributed by atoms with van der Waals surface area (Å²) in [5.41, 5.74) is 3.68. The fourth-order valence-corrected chi connectivity index (χ4v) is 3.16. The fourth-order valence-electron chi connectivity index (χ4n) is 3.16. The van der Waals surface area contributed by atoms with Gasteiger partial charge in [0.2, 0.25) is 5.88 Å². The quantitative estimate of drug-likeness (QED) is 0.459. The molecule has 0 aliphatic heterocycles. The lowest BCUT2D eigenvalue weighted by molar-refractivity contribution is -0.123. The number of imidazole rings is 1. The molecule has 4 rings (SSSR count). The van der Waals surface area contributed by atoms with Gasteiger partial charge in [-0.25, -0.2) is 9.37 Å². The maximum Gasteiger partial charge on any atom is 0.258 e. The summed E-state index contributed by atoms with van der Waals surface area (Å²) in [7, 11) is 1.86. The number of nitrogens with one attached hydrogen (secondary N) is 1. The number of fused-ring (bicyclic) bond motifs is 1. The number of carbonyl (C=O) groups is 1. The molecule has 164 valence electrons. The predicted octanol–water partition coefficient (Wildman–Crippen LogP) is 2.90. The van der Waals surface area contributed by atoms with Crippen LogP contribution in [0, 0.1) is 12.7 Å². The van der Waals surface area contributed by atoms with Crippen molar-refractivity contribution in [1.82, 2.24) is 24.9 Å². The Morgan fingerprint density at radius 3 is 2.66 bits per heavy atom. The summed E-state index contributed by atoms with van der Waals surface area (Å²) in [6.07, 6.45) is 3.87. The lowest BCUT2D eigenvalue weighted by atomic mass is 10.2. The lowest BCUT2D eigenvalue weighted by Gasteiger charge is -2.17. The van der Waals surface area contributed by atoms with Gasteiger partial charge in [-0.1, -0.05) is 18.2 Å². The van der Waals surface area contributed by atoms with Gasteiger partial charge in [0.1, 0.15) is 11.5 Å². The van der Waals surface area contributed by atoms with Gasteiger partial charge >= 0.3 is 0 Å². The van der Waals surface area contributed by atoms with E-state index in [4.69, 9.17) is 4.74 Å². The molecule has 0 radical (unpaired) electrons. The monoisotopic (exact) mass is 434 g/mol. The van der Waals surface area contributed by atoms with E-state index < -0.39 is 0 Å². The third kappa shape index (κ3) is 5.37. The number of amides is 1. The number of anilines is 1. The summed E-state index contributed by atoms with van der Waals surface area (Å²) < 4.78 is 20.4. The van der Waals surface area contributed by atoms with Crippen LogP contribution in [0.1, 0.15) is 16.8 Å². The first-order chi connectivity index (χ1) is 15.5. The normalized spacial score (nSPS) is 10.8. The number of pyridine rings is 1. The zero-order chi connectivity index (χ0) is 22.5. The average molecular weight is 434 g/mol. The van der Waals surface area contributed by atoms with Gasteiger partial charge in [-0.3, -0.25) is 4.79 Å². The molecule has 0 bridgehead atoms. The Hall–Kier alpha value is -4.01. The molecular weight excluding hydrogens is 411 g/mol. The molecule has 0 saturated carbocycles. The molecule has 3 heterocycles. The number of nitrogens with zero attached hydrogens (tertiary/aromatic N) is 5. The van der Waals surface area contributed by atoms with Crippen molar-refractivity contribution < 1.29 is 13.9 Å². The Morgan fingerprint density at radius 2 is 1.91 bits per heavy atom. The summed E-state index contributed by atoms with van der Waals surface area (Å²) >= 11 is 0. The van der Waals surface area contributed by atoms with Crippen LogP contribution in [0.25, 0.3) is 5.65 Å². The van der Waals surface area contributed by atoms with Gasteiger partial charge in [-0.2, -0.15) is 0 Å². The van der Waals surface area contributed by atoms with Gasteiger partial charge in [-0.05, 0) is 42.3 Å². The summed E-state index contributed by atoms with van der Waals surface area (Å²) in [5.74, 6) is 0.336. The number of carbonyl (C=O) groups excluding carboxylic acids is 1. The molecule has 0 unspecified atom stereocenters. The molecule has 0 aliphatic rings. The Labute approximate surface area is 184 Å². The van der Waals surface area contributed by atoms with E-state index in [2.05, 4.69) is 20.5 Å². The van der Waals surface area contributed by atoms with Crippen molar-refractivity contribution in [2.45, 2.75) is 20.0 Å². The number of aromatic nitrogens is 4. The first-order valence-corrected chi connectivity index (χ1v) is 10.1. The number of rotatable bonds is 8. The summed E-state index contributed by atoms with van der Waals surface area (Å²) in [6.45, 7) is 2.70. The van der Waals surface area contributed by atoms with Crippen molar-refractivity contribution in [2.75, 3.05) is 18.6 Å². The molecule has 3 aromatic heterocycles. The van der Waals surface area contributed by atoms with Gasteiger partial charge in [0.05, 0.1) is 12.2 Å². The van der Waals surface area contributed by atoms with E-state index in [-0.39, 0.29) is 24.2 Å². The topological polar surface area (TPSA) is 84.6 Å². The van der Waals surface area contributed by atoms with Crippen LogP contribution in [-0.4, -0.2) is 39.1 Å². The molecule has 8 nitrogen and oxygen atoms in total. The zero-order valence-corrected chi connectivity index (χ0v) is 17.8. The lowest BCUT2D eigenvalue weighted by Crippen LogP contribution is -2.28. The van der Waals surface area contributed by atoms with Gasteiger partial charge in [-0.15, -0.1) is 10.2 Å². The third-order valence-electron chi connectivity index (χ3n) is 4.82. The van der Waals surface area contributed by atoms with Crippen molar-refractivity contribution in [2.24, 2.45) is 0 Å². The molecule has 4 aromatic rings. The molecule has 0 atom stereocenters. The second-order valence-electron chi connectivity index (χ2n) is 7.48. The van der Waals surface area contributed by atoms with E-state index >= 15 is 0 Å². The highest BCUT2D eigenvalue weighted by atomic mass is 19.1. The molecule has 32 heavy (non-hydrogen) atoms. The fraction of sp³-hybridized carbons (Fsp3) is 0.217. The zero-order valence-electron chi connectivity index (χ0n) is 17.8. The van der Waals surface area contributed by atoms with Crippen molar-refractivity contribution in [3.05, 3.63) is 83.6 Å². The summed E-state index contributed by atoms with van der Waals surface area (Å²) in [6, 6.07) is 13.6. The van der Waals surface area contributed by atoms with E-state index in [1.165, 1.54) is 12.1 Å². The number of hydrogen-bond acceptors (Lipinski definition) is 6. The molecule has 0 saturated heterocycles. The van der Waals surface area contributed by atoms with Crippen LogP contribution in [0.2, 0.25) is 0 Å². The van der Waals surface area contributed by atoms with Crippen molar-refractivity contribution >= 4 is 17.4 Å². The highest BCUT2D eigenvalue weighted by Crippen LogP contribution is 2.15. The van der Waals surface area contributed by atoms with Gasteiger partial charge in [0.15, 0.2) is 12.4 Å². The standard InChI is InChI=1S/C23H23FN6O2/c1-16-3-8-20-26-19(14-30(20)12-16)11-25-22(31)15-32-23-10-9-21(27-28-23)29(2)13-17-4-6-18(24)7-5-17/h3-10,12,14H,11,13,15H2,1-2H3,(H,25,31). The second-order valence-corrected chi connectivity index (χ2v) is 7.48. The first-order valence-electron chi connectivity index (χ1n) is 10.1. The van der Waals surface area contributed by atoms with Crippen molar-refractivity contribution in [3.8, 4) is 5.88 Å². The van der Waals surface area contributed by atoms with Gasteiger partial charge in [0, 0.05) is 32.1 Å². The number of halogens is 1. The summed E-state index contributed by atoms with van der Waals surface area (Å²) in [5, 5.41) is 10.9. The SMILES string of the molecule is Cc1ccc2nc(CNC(=O)COc3ccc(N(C)Cc4ccc(F)cc4)nn3)cn2c1. The Kier molecular flexibility index (Phi) is 6.25. The average Bonchev–Trinajstić information content (AvgIpc) is 3.20. The van der Waals surface area contributed by atoms with E-state index in [9.17, 15) is 9.18 Å². The number of aryl methyl sites for hydroxylation is 1. The van der Waals surface area contributed by atoms with Crippen molar-refractivity contribution in [3.63, 3.8) is 0 Å². The van der Waals surface area contributed by atoms with Crippen LogP contribution in [0.15, 0.2) is 60.9 Å². The van der Waals surface area contributed by atoms with Crippen LogP contribution in [-0.2, 0) is 17.9 Å². The molecule has 0 spiro atoms. The highest BCUT2D eigenvalue weighted by Gasteiger charge is 2.09. The molecular formula is C23H23FN6O2.